The van der Waals surface area contributed by atoms with Crippen molar-refractivity contribution in [3.63, 3.8) is 0 Å². The molecule has 1 aliphatic heterocycles. The van der Waals surface area contributed by atoms with E-state index < -0.39 is 54.4 Å². The number of carboxylic acids is 1. The Morgan fingerprint density at radius 3 is 2.30 bits per heavy atom. The number of carboxylic acid groups (broad SMARTS) is 1. The topological polar surface area (TPSA) is 142 Å². The SMILES string of the molecule is CC(=O)OCC(=O)N[C@@H](C)C(=O)N[C@H](C(=O)N1CCC[C@H]1C(=O)O)C(C)C. The van der Waals surface area contributed by atoms with E-state index >= 15 is 0 Å². The summed E-state index contributed by atoms with van der Waals surface area (Å²) in [5.74, 6) is -3.66. The van der Waals surface area contributed by atoms with Crippen molar-refractivity contribution in [2.24, 2.45) is 5.92 Å². The van der Waals surface area contributed by atoms with Crippen molar-refractivity contribution in [1.29, 1.82) is 0 Å². The van der Waals surface area contributed by atoms with Crippen LogP contribution in [0.2, 0.25) is 0 Å². The molecule has 1 heterocycles. The van der Waals surface area contributed by atoms with E-state index in [1.165, 1.54) is 11.8 Å². The van der Waals surface area contributed by atoms with E-state index in [9.17, 15) is 29.1 Å². The minimum Gasteiger partial charge on any atom is -0.480 e. The summed E-state index contributed by atoms with van der Waals surface area (Å²) >= 11 is 0. The summed E-state index contributed by atoms with van der Waals surface area (Å²) < 4.78 is 4.54. The van der Waals surface area contributed by atoms with Gasteiger partial charge in [0.25, 0.3) is 5.91 Å². The van der Waals surface area contributed by atoms with Gasteiger partial charge in [-0.2, -0.15) is 0 Å². The predicted molar refractivity (Wildman–Crippen MR) is 93.4 cm³/mol. The Morgan fingerprint density at radius 1 is 1.15 bits per heavy atom. The van der Waals surface area contributed by atoms with Crippen molar-refractivity contribution in [1.82, 2.24) is 15.5 Å². The zero-order valence-corrected chi connectivity index (χ0v) is 16.0. The van der Waals surface area contributed by atoms with Crippen LogP contribution in [0.5, 0.6) is 0 Å². The number of nitrogens with zero attached hydrogens (tertiary/aromatic N) is 1. The molecule has 0 unspecified atom stereocenters. The fourth-order valence-corrected chi connectivity index (χ4v) is 2.77. The van der Waals surface area contributed by atoms with Crippen molar-refractivity contribution in [2.45, 2.75) is 58.7 Å². The summed E-state index contributed by atoms with van der Waals surface area (Å²) in [7, 11) is 0. The molecular formula is C17H27N3O7. The second-order valence-corrected chi connectivity index (χ2v) is 6.83. The summed E-state index contributed by atoms with van der Waals surface area (Å²) in [6, 6.07) is -2.77. The van der Waals surface area contributed by atoms with Crippen molar-refractivity contribution < 1.29 is 33.8 Å². The van der Waals surface area contributed by atoms with E-state index in [0.717, 1.165) is 6.92 Å². The Morgan fingerprint density at radius 2 is 1.78 bits per heavy atom. The van der Waals surface area contributed by atoms with Gasteiger partial charge in [0.2, 0.25) is 11.8 Å². The highest BCUT2D eigenvalue weighted by Gasteiger charge is 2.38. The molecule has 27 heavy (non-hydrogen) atoms. The lowest BCUT2D eigenvalue weighted by molar-refractivity contribution is -0.150. The normalized spacial score (nSPS) is 18.6. The maximum Gasteiger partial charge on any atom is 0.326 e. The van der Waals surface area contributed by atoms with E-state index in [2.05, 4.69) is 15.4 Å². The van der Waals surface area contributed by atoms with Gasteiger partial charge >= 0.3 is 11.9 Å². The smallest absolute Gasteiger partial charge is 0.326 e. The second-order valence-electron chi connectivity index (χ2n) is 6.83. The third kappa shape index (κ3) is 6.54. The molecular weight excluding hydrogens is 358 g/mol. The number of rotatable bonds is 8. The van der Waals surface area contributed by atoms with Crippen molar-refractivity contribution in [3.8, 4) is 0 Å². The number of amides is 3. The first-order valence-electron chi connectivity index (χ1n) is 8.81. The summed E-state index contributed by atoms with van der Waals surface area (Å²) in [5, 5.41) is 14.2. The lowest BCUT2D eigenvalue weighted by Crippen LogP contribution is -2.57. The minimum atomic E-state index is -1.07. The minimum absolute atomic E-state index is 0.277. The molecule has 3 N–H and O–H groups in total. The van der Waals surface area contributed by atoms with Gasteiger partial charge in [0, 0.05) is 13.5 Å². The van der Waals surface area contributed by atoms with Gasteiger partial charge in [-0.15, -0.1) is 0 Å². The number of carbonyl (C=O) groups is 5. The summed E-state index contributed by atoms with van der Waals surface area (Å²) in [6.45, 7) is 5.87. The van der Waals surface area contributed by atoms with Gasteiger partial charge in [0.15, 0.2) is 6.61 Å². The summed E-state index contributed by atoms with van der Waals surface area (Å²) in [5.41, 5.74) is 0. The van der Waals surface area contributed by atoms with Gasteiger partial charge in [-0.25, -0.2) is 4.79 Å². The molecule has 0 aromatic carbocycles. The van der Waals surface area contributed by atoms with Gasteiger partial charge in [0.1, 0.15) is 18.1 Å². The van der Waals surface area contributed by atoms with Crippen molar-refractivity contribution in [3.05, 3.63) is 0 Å². The van der Waals surface area contributed by atoms with Crippen LogP contribution in [0, 0.1) is 5.92 Å². The molecule has 1 saturated heterocycles. The number of ether oxygens (including phenoxy) is 1. The largest absolute Gasteiger partial charge is 0.480 e. The maximum atomic E-state index is 12.8. The van der Waals surface area contributed by atoms with Crippen molar-refractivity contribution >= 4 is 29.7 Å². The summed E-state index contributed by atoms with van der Waals surface area (Å²) in [4.78, 5) is 60.0. The van der Waals surface area contributed by atoms with Gasteiger partial charge in [0.05, 0.1) is 0 Å². The van der Waals surface area contributed by atoms with Crippen LogP contribution in [-0.4, -0.2) is 70.9 Å². The van der Waals surface area contributed by atoms with Gasteiger partial charge < -0.3 is 25.4 Å². The van der Waals surface area contributed by atoms with Crippen LogP contribution in [0.15, 0.2) is 0 Å². The fraction of sp³-hybridized carbons (Fsp3) is 0.706. The van der Waals surface area contributed by atoms with Crippen LogP contribution < -0.4 is 10.6 Å². The zero-order valence-electron chi connectivity index (χ0n) is 16.0. The highest BCUT2D eigenvalue weighted by Crippen LogP contribution is 2.20. The molecule has 1 fully saturated rings. The Balaban J connectivity index is 2.71. The molecule has 0 bridgehead atoms. The zero-order chi connectivity index (χ0) is 20.7. The monoisotopic (exact) mass is 385 g/mol. The molecule has 3 atom stereocenters. The first kappa shape index (κ1) is 22.4. The Bertz CT molecular complexity index is 605. The van der Waals surface area contributed by atoms with Gasteiger partial charge in [-0.05, 0) is 25.7 Å². The molecule has 1 aliphatic rings. The molecule has 0 aromatic heterocycles. The van der Waals surface area contributed by atoms with Crippen LogP contribution in [0.3, 0.4) is 0 Å². The molecule has 0 spiro atoms. The third-order valence-corrected chi connectivity index (χ3v) is 4.23. The quantitative estimate of drug-likeness (QED) is 0.468. The van der Waals surface area contributed by atoms with E-state index in [4.69, 9.17) is 0 Å². The second kappa shape index (κ2) is 9.89. The van der Waals surface area contributed by atoms with Crippen molar-refractivity contribution in [2.75, 3.05) is 13.2 Å². The summed E-state index contributed by atoms with van der Waals surface area (Å²) in [6.07, 6.45) is 0.965. The Kier molecular flexibility index (Phi) is 8.20. The highest BCUT2D eigenvalue weighted by atomic mass is 16.5. The molecule has 0 saturated carbocycles. The van der Waals surface area contributed by atoms with E-state index in [-0.39, 0.29) is 5.92 Å². The molecule has 152 valence electrons. The molecule has 0 radical (unpaired) electrons. The standard InChI is InChI=1S/C17H27N3O7/c1-9(2)14(16(24)20-7-5-6-12(20)17(25)26)19-15(23)10(3)18-13(22)8-27-11(4)21/h9-10,12,14H,5-8H2,1-4H3,(H,18,22)(H,19,23)(H,25,26)/t10-,12-,14-/m0/s1. The maximum absolute atomic E-state index is 12.8. The number of likely N-dealkylation sites (tertiary alicyclic amines) is 1. The first-order valence-corrected chi connectivity index (χ1v) is 8.81. The number of carbonyl (C=O) groups excluding carboxylic acids is 4. The Labute approximate surface area is 157 Å². The molecule has 1 rings (SSSR count). The average Bonchev–Trinajstić information content (AvgIpc) is 3.06. The van der Waals surface area contributed by atoms with Crippen LogP contribution in [0.25, 0.3) is 0 Å². The lowest BCUT2D eigenvalue weighted by atomic mass is 10.0. The molecule has 3 amide bonds. The lowest BCUT2D eigenvalue weighted by Gasteiger charge is -2.30. The van der Waals surface area contributed by atoms with E-state index in [1.54, 1.807) is 13.8 Å². The van der Waals surface area contributed by atoms with Crippen LogP contribution >= 0.6 is 0 Å². The van der Waals surface area contributed by atoms with Crippen LogP contribution in [-0.2, 0) is 28.7 Å². The van der Waals surface area contributed by atoms with Crippen LogP contribution in [0.1, 0.15) is 40.5 Å². The van der Waals surface area contributed by atoms with Crippen LogP contribution in [0.4, 0.5) is 0 Å². The number of nitrogens with one attached hydrogen (secondary N) is 2. The van der Waals surface area contributed by atoms with Gasteiger partial charge in [-0.3, -0.25) is 19.2 Å². The van der Waals surface area contributed by atoms with E-state index in [0.29, 0.717) is 19.4 Å². The number of esters is 1. The Hall–Kier alpha value is -2.65. The first-order chi connectivity index (χ1) is 12.5. The predicted octanol–water partition coefficient (Wildman–Crippen LogP) is -0.729. The van der Waals surface area contributed by atoms with Gasteiger partial charge in [-0.1, -0.05) is 13.8 Å². The number of hydrogen-bond donors (Lipinski definition) is 3. The fourth-order valence-electron chi connectivity index (χ4n) is 2.77. The number of hydrogen-bond acceptors (Lipinski definition) is 6. The number of aliphatic carboxylic acids is 1. The molecule has 0 aromatic rings. The van der Waals surface area contributed by atoms with E-state index in [1.807, 2.05) is 0 Å². The third-order valence-electron chi connectivity index (χ3n) is 4.23. The molecule has 0 aliphatic carbocycles. The average molecular weight is 385 g/mol. The highest BCUT2D eigenvalue weighted by molar-refractivity contribution is 5.93. The molecule has 10 heteroatoms. The molecule has 10 nitrogen and oxygen atoms in total.